The van der Waals surface area contributed by atoms with Gasteiger partial charge >= 0.3 is 0 Å². The zero-order valence-corrected chi connectivity index (χ0v) is 15.1. The van der Waals surface area contributed by atoms with Crippen molar-refractivity contribution in [3.05, 3.63) is 83.7 Å². The Morgan fingerprint density at radius 3 is 2.63 bits per heavy atom. The Morgan fingerprint density at radius 2 is 1.93 bits per heavy atom. The van der Waals surface area contributed by atoms with Crippen LogP contribution in [0.5, 0.6) is 5.75 Å². The molecule has 0 aliphatic heterocycles. The SMILES string of the molecule is COc1cccc(NC(=O)/C(C#N)=C/c2cc(C)n(-c3ccccc3)c2)c1. The summed E-state index contributed by atoms with van der Waals surface area (Å²) in [5, 5.41) is 12.1. The second-order valence-corrected chi connectivity index (χ2v) is 5.98. The van der Waals surface area contributed by atoms with E-state index < -0.39 is 5.91 Å². The lowest BCUT2D eigenvalue weighted by Crippen LogP contribution is -2.13. The van der Waals surface area contributed by atoms with E-state index in [0.29, 0.717) is 11.4 Å². The number of hydrogen-bond acceptors (Lipinski definition) is 3. The van der Waals surface area contributed by atoms with Crippen LogP contribution in [0, 0.1) is 18.3 Å². The minimum atomic E-state index is -0.462. The van der Waals surface area contributed by atoms with Gasteiger partial charge in [0, 0.05) is 29.3 Å². The van der Waals surface area contributed by atoms with Crippen molar-refractivity contribution in [3.63, 3.8) is 0 Å². The molecule has 2 aromatic carbocycles. The molecular formula is C22H19N3O2. The standard InChI is InChI=1S/C22H19N3O2/c1-16-11-17(15-25(16)20-8-4-3-5-9-20)12-18(14-23)22(26)24-19-7-6-10-21(13-19)27-2/h3-13,15H,1-2H3,(H,24,26)/b18-12+. The number of para-hydroxylation sites is 1. The summed E-state index contributed by atoms with van der Waals surface area (Å²) in [6, 6.07) is 20.8. The van der Waals surface area contributed by atoms with Gasteiger partial charge in [0.2, 0.25) is 0 Å². The van der Waals surface area contributed by atoms with Gasteiger partial charge < -0.3 is 14.6 Å². The van der Waals surface area contributed by atoms with Gasteiger partial charge in [0.25, 0.3) is 5.91 Å². The summed E-state index contributed by atoms with van der Waals surface area (Å²) in [6.45, 7) is 1.98. The predicted octanol–water partition coefficient (Wildman–Crippen LogP) is 4.34. The molecule has 0 aliphatic rings. The van der Waals surface area contributed by atoms with Gasteiger partial charge in [-0.15, -0.1) is 0 Å². The fraction of sp³-hybridized carbons (Fsp3) is 0.0909. The lowest BCUT2D eigenvalue weighted by molar-refractivity contribution is -0.112. The molecule has 0 bridgehead atoms. The van der Waals surface area contributed by atoms with Crippen molar-refractivity contribution in [2.75, 3.05) is 12.4 Å². The van der Waals surface area contributed by atoms with Crippen LogP contribution in [-0.2, 0) is 4.79 Å². The molecule has 0 unspecified atom stereocenters. The van der Waals surface area contributed by atoms with Crippen molar-refractivity contribution in [2.24, 2.45) is 0 Å². The molecule has 5 nitrogen and oxygen atoms in total. The first-order valence-electron chi connectivity index (χ1n) is 8.42. The average molecular weight is 357 g/mol. The highest BCUT2D eigenvalue weighted by Crippen LogP contribution is 2.19. The zero-order valence-electron chi connectivity index (χ0n) is 15.1. The van der Waals surface area contributed by atoms with Crippen LogP contribution in [-0.4, -0.2) is 17.6 Å². The number of methoxy groups -OCH3 is 1. The van der Waals surface area contributed by atoms with Gasteiger partial charge in [0.15, 0.2) is 0 Å². The van der Waals surface area contributed by atoms with Gasteiger partial charge in [-0.05, 0) is 48.9 Å². The Bertz CT molecular complexity index is 1030. The molecule has 0 fully saturated rings. The third-order valence-electron chi connectivity index (χ3n) is 4.07. The molecule has 27 heavy (non-hydrogen) atoms. The largest absolute Gasteiger partial charge is 0.497 e. The summed E-state index contributed by atoms with van der Waals surface area (Å²) < 4.78 is 7.16. The van der Waals surface area contributed by atoms with Crippen molar-refractivity contribution < 1.29 is 9.53 Å². The highest BCUT2D eigenvalue weighted by Gasteiger charge is 2.11. The van der Waals surface area contributed by atoms with Crippen molar-refractivity contribution in [1.29, 1.82) is 5.26 Å². The lowest BCUT2D eigenvalue weighted by Gasteiger charge is -2.06. The highest BCUT2D eigenvalue weighted by atomic mass is 16.5. The van der Waals surface area contributed by atoms with Gasteiger partial charge in [0.1, 0.15) is 17.4 Å². The summed E-state index contributed by atoms with van der Waals surface area (Å²) in [5.74, 6) is 0.168. The van der Waals surface area contributed by atoms with Crippen molar-refractivity contribution in [3.8, 4) is 17.5 Å². The number of benzene rings is 2. The van der Waals surface area contributed by atoms with Crippen molar-refractivity contribution in [2.45, 2.75) is 6.92 Å². The van der Waals surface area contributed by atoms with E-state index in [4.69, 9.17) is 4.74 Å². The van der Waals surface area contributed by atoms with Crippen LogP contribution in [0.15, 0.2) is 72.4 Å². The summed E-state index contributed by atoms with van der Waals surface area (Å²) >= 11 is 0. The maximum Gasteiger partial charge on any atom is 0.266 e. The zero-order chi connectivity index (χ0) is 19.2. The fourth-order valence-corrected chi connectivity index (χ4v) is 2.76. The first kappa shape index (κ1) is 18.0. The van der Waals surface area contributed by atoms with E-state index >= 15 is 0 Å². The predicted molar refractivity (Wildman–Crippen MR) is 106 cm³/mol. The topological polar surface area (TPSA) is 67.0 Å². The van der Waals surface area contributed by atoms with Gasteiger partial charge in [-0.3, -0.25) is 4.79 Å². The van der Waals surface area contributed by atoms with E-state index in [-0.39, 0.29) is 5.57 Å². The summed E-state index contributed by atoms with van der Waals surface area (Å²) in [4.78, 5) is 12.5. The molecule has 0 atom stereocenters. The molecule has 134 valence electrons. The summed E-state index contributed by atoms with van der Waals surface area (Å²) in [7, 11) is 1.56. The second kappa shape index (κ2) is 8.07. The number of nitrogens with zero attached hydrogens (tertiary/aromatic N) is 2. The maximum absolute atomic E-state index is 12.5. The first-order valence-corrected chi connectivity index (χ1v) is 8.42. The normalized spacial score (nSPS) is 10.9. The average Bonchev–Trinajstić information content (AvgIpc) is 3.07. The van der Waals surface area contributed by atoms with E-state index in [0.717, 1.165) is 16.9 Å². The van der Waals surface area contributed by atoms with Crippen LogP contribution >= 0.6 is 0 Å². The molecule has 1 aromatic heterocycles. The number of nitriles is 1. The van der Waals surface area contributed by atoms with Gasteiger partial charge in [0.05, 0.1) is 7.11 Å². The number of carbonyl (C=O) groups excluding carboxylic acids is 1. The highest BCUT2D eigenvalue weighted by molar-refractivity contribution is 6.09. The van der Waals surface area contributed by atoms with Crippen LogP contribution in [0.1, 0.15) is 11.3 Å². The van der Waals surface area contributed by atoms with Gasteiger partial charge in [-0.25, -0.2) is 0 Å². The minimum absolute atomic E-state index is 0.0306. The number of ether oxygens (including phenoxy) is 1. The van der Waals surface area contributed by atoms with Crippen LogP contribution in [0.25, 0.3) is 11.8 Å². The smallest absolute Gasteiger partial charge is 0.266 e. The van der Waals surface area contributed by atoms with E-state index in [1.54, 1.807) is 37.5 Å². The Kier molecular flexibility index (Phi) is 5.38. The Balaban J connectivity index is 1.84. The van der Waals surface area contributed by atoms with Gasteiger partial charge in [-0.2, -0.15) is 5.26 Å². The van der Waals surface area contributed by atoms with E-state index in [1.807, 2.05) is 60.2 Å². The quantitative estimate of drug-likeness (QED) is 0.545. The molecular weight excluding hydrogens is 338 g/mol. The molecule has 1 heterocycles. The van der Waals surface area contributed by atoms with Crippen LogP contribution in [0.2, 0.25) is 0 Å². The molecule has 5 heteroatoms. The Labute approximate surface area is 158 Å². The lowest BCUT2D eigenvalue weighted by atomic mass is 10.2. The first-order chi connectivity index (χ1) is 13.1. The third kappa shape index (κ3) is 4.25. The third-order valence-corrected chi connectivity index (χ3v) is 4.07. The molecule has 1 amide bonds. The maximum atomic E-state index is 12.5. The summed E-state index contributed by atoms with van der Waals surface area (Å²) in [6.07, 6.45) is 3.49. The molecule has 3 aromatic rings. The fourth-order valence-electron chi connectivity index (χ4n) is 2.76. The van der Waals surface area contributed by atoms with E-state index in [9.17, 15) is 10.1 Å². The van der Waals surface area contributed by atoms with Crippen molar-refractivity contribution >= 4 is 17.7 Å². The van der Waals surface area contributed by atoms with E-state index in [1.165, 1.54) is 0 Å². The minimum Gasteiger partial charge on any atom is -0.497 e. The Morgan fingerprint density at radius 1 is 1.15 bits per heavy atom. The molecule has 0 spiro atoms. The second-order valence-electron chi connectivity index (χ2n) is 5.98. The number of hydrogen-bond donors (Lipinski definition) is 1. The number of aromatic nitrogens is 1. The molecule has 0 saturated carbocycles. The Hall–Kier alpha value is -3.78. The van der Waals surface area contributed by atoms with E-state index in [2.05, 4.69) is 5.32 Å². The molecule has 0 aliphatic carbocycles. The van der Waals surface area contributed by atoms with Gasteiger partial charge in [-0.1, -0.05) is 24.3 Å². The van der Waals surface area contributed by atoms with Crippen molar-refractivity contribution in [1.82, 2.24) is 4.57 Å². The number of amides is 1. The molecule has 3 rings (SSSR count). The molecule has 0 saturated heterocycles. The number of rotatable bonds is 5. The molecule has 0 radical (unpaired) electrons. The van der Waals surface area contributed by atoms with Crippen LogP contribution < -0.4 is 10.1 Å². The molecule has 1 N–H and O–H groups in total. The number of anilines is 1. The number of nitrogens with one attached hydrogen (secondary N) is 1. The summed E-state index contributed by atoms with van der Waals surface area (Å²) in [5.41, 5.74) is 3.42. The monoisotopic (exact) mass is 357 g/mol. The number of carbonyl (C=O) groups is 1. The number of aryl methyl sites for hydroxylation is 1. The van der Waals surface area contributed by atoms with Crippen LogP contribution in [0.3, 0.4) is 0 Å². The van der Waals surface area contributed by atoms with Crippen LogP contribution in [0.4, 0.5) is 5.69 Å².